The van der Waals surface area contributed by atoms with Crippen molar-refractivity contribution in [2.24, 2.45) is 16.6 Å². The summed E-state index contributed by atoms with van der Waals surface area (Å²) < 4.78 is 47.5. The highest BCUT2D eigenvalue weighted by molar-refractivity contribution is 6.06. The van der Waals surface area contributed by atoms with Crippen LogP contribution in [0, 0.1) is 6.92 Å². The number of hydrazine groups is 1. The molecule has 0 aliphatic heterocycles. The maximum Gasteiger partial charge on any atom is 0.301 e. The Morgan fingerprint density at radius 1 is 1.25 bits per heavy atom. The third kappa shape index (κ3) is 8.72. The molecule has 0 heterocycles. The number of nitrogens with one attached hydrogen (secondary N) is 1. The fourth-order valence-corrected chi connectivity index (χ4v) is 3.64. The van der Waals surface area contributed by atoms with Gasteiger partial charge in [-0.15, -0.1) is 0 Å². The minimum atomic E-state index is -3.74. The topological polar surface area (TPSA) is 109 Å². The van der Waals surface area contributed by atoms with Crippen LogP contribution in [0.15, 0.2) is 71.6 Å². The van der Waals surface area contributed by atoms with Crippen LogP contribution >= 0.6 is 0 Å². The number of aliphatic imine (C=N–C) groups is 1. The lowest BCUT2D eigenvalue weighted by Crippen LogP contribution is -2.27. The summed E-state index contributed by atoms with van der Waals surface area (Å²) in [4.78, 5) is 19.2. The number of nitrogens with zero attached hydrogens (tertiary/aromatic N) is 3. The fourth-order valence-electron chi connectivity index (χ4n) is 3.64. The van der Waals surface area contributed by atoms with Crippen molar-refractivity contribution in [2.75, 3.05) is 37.7 Å². The molecule has 0 atom stereocenters. The second-order valence-electron chi connectivity index (χ2n) is 9.02. The second kappa shape index (κ2) is 14.9. The van der Waals surface area contributed by atoms with Crippen LogP contribution in [0.4, 0.5) is 24.5 Å². The molecule has 0 spiro atoms. The minimum Gasteiger partial charge on any atom is -0.494 e. The van der Waals surface area contributed by atoms with E-state index in [2.05, 4.69) is 10.3 Å². The number of hydrogen-bond donors (Lipinski definition) is 3. The number of nitrogens with two attached hydrogens (primary N) is 2. The number of benzene rings is 2. The van der Waals surface area contributed by atoms with E-state index in [1.807, 2.05) is 24.8 Å². The third-order valence-electron chi connectivity index (χ3n) is 5.94. The zero-order valence-electron chi connectivity index (χ0n) is 23.4. The van der Waals surface area contributed by atoms with E-state index in [-0.39, 0.29) is 23.5 Å². The van der Waals surface area contributed by atoms with Crippen LogP contribution in [0.1, 0.15) is 40.9 Å². The summed E-state index contributed by atoms with van der Waals surface area (Å²) >= 11 is 0. The standard InChI is InChI=1S/C29H37F3N6O2/c1-6-8-12-35-13-11-24(33)18-38(34)26-15-21(10-9-20(26)3)28(39)36-25-16-23(29(31,32)19-30)14-22(27(25)40-5)17-37(4)7-2/h6,8-16,18H,7,17,19,33-34H2,1-5H3,(H,36,39)/b8-6-,13-11+,24-18-,35-12+. The third-order valence-corrected chi connectivity index (χ3v) is 5.94. The molecular weight excluding hydrogens is 521 g/mol. The first-order valence-corrected chi connectivity index (χ1v) is 12.5. The Morgan fingerprint density at radius 3 is 2.60 bits per heavy atom. The molecule has 0 bridgehead atoms. The van der Waals surface area contributed by atoms with Crippen molar-refractivity contribution in [3.8, 4) is 5.75 Å². The van der Waals surface area contributed by atoms with Crippen LogP contribution in [0.2, 0.25) is 0 Å². The summed E-state index contributed by atoms with van der Waals surface area (Å²) in [6, 6.07) is 7.04. The molecule has 0 saturated carbocycles. The largest absolute Gasteiger partial charge is 0.494 e. The molecule has 40 heavy (non-hydrogen) atoms. The molecule has 11 heteroatoms. The molecule has 5 N–H and O–H groups in total. The van der Waals surface area contributed by atoms with Crippen LogP contribution in [-0.2, 0) is 12.5 Å². The van der Waals surface area contributed by atoms with E-state index in [1.54, 1.807) is 50.5 Å². The molecule has 0 aliphatic rings. The summed E-state index contributed by atoms with van der Waals surface area (Å²) in [5.74, 6) is 2.07. The number of allylic oxidation sites excluding steroid dienone is 3. The number of carbonyl (C=O) groups is 1. The molecule has 2 rings (SSSR count). The number of alkyl halides is 3. The van der Waals surface area contributed by atoms with Gasteiger partial charge in [0.05, 0.1) is 24.2 Å². The summed E-state index contributed by atoms with van der Waals surface area (Å²) in [6.45, 7) is 4.59. The van der Waals surface area contributed by atoms with E-state index in [0.717, 1.165) is 11.6 Å². The highest BCUT2D eigenvalue weighted by Crippen LogP contribution is 2.38. The number of ether oxygens (including phenoxy) is 1. The predicted molar refractivity (Wildman–Crippen MR) is 155 cm³/mol. The van der Waals surface area contributed by atoms with Gasteiger partial charge in [0.1, 0.15) is 5.75 Å². The van der Waals surface area contributed by atoms with Crippen LogP contribution < -0.4 is 26.6 Å². The number of amides is 1. The molecule has 0 unspecified atom stereocenters. The Balaban J connectivity index is 2.43. The van der Waals surface area contributed by atoms with Gasteiger partial charge in [-0.2, -0.15) is 8.78 Å². The Kier molecular flexibility index (Phi) is 12.0. The van der Waals surface area contributed by atoms with Gasteiger partial charge in [-0.25, -0.2) is 10.2 Å². The van der Waals surface area contributed by atoms with Gasteiger partial charge in [-0.05, 0) is 69.4 Å². The van der Waals surface area contributed by atoms with Crippen molar-refractivity contribution < 1.29 is 22.7 Å². The minimum absolute atomic E-state index is 0.00268. The van der Waals surface area contributed by atoms with Crippen molar-refractivity contribution >= 4 is 23.5 Å². The molecule has 0 fully saturated rings. The monoisotopic (exact) mass is 558 g/mol. The maximum absolute atomic E-state index is 14.4. The Morgan fingerprint density at radius 2 is 1.98 bits per heavy atom. The first-order valence-electron chi connectivity index (χ1n) is 12.5. The summed E-state index contributed by atoms with van der Waals surface area (Å²) in [5.41, 5.74) is 7.57. The van der Waals surface area contributed by atoms with E-state index in [1.165, 1.54) is 30.6 Å². The summed E-state index contributed by atoms with van der Waals surface area (Å²) in [6.07, 6.45) is 9.74. The zero-order chi connectivity index (χ0) is 29.9. The number of rotatable bonds is 13. The van der Waals surface area contributed by atoms with Crippen LogP contribution in [-0.4, -0.2) is 44.4 Å². The molecule has 0 saturated heterocycles. The Labute approximate surface area is 233 Å². The second-order valence-corrected chi connectivity index (χ2v) is 9.02. The summed E-state index contributed by atoms with van der Waals surface area (Å²) in [5, 5.41) is 3.91. The Bertz CT molecular complexity index is 1290. The van der Waals surface area contributed by atoms with Gasteiger partial charge in [-0.3, -0.25) is 14.8 Å². The van der Waals surface area contributed by atoms with E-state index < -0.39 is 24.1 Å². The van der Waals surface area contributed by atoms with Gasteiger partial charge in [-0.1, -0.05) is 19.1 Å². The number of aryl methyl sites for hydroxylation is 1. The van der Waals surface area contributed by atoms with Gasteiger partial charge in [0, 0.05) is 41.8 Å². The van der Waals surface area contributed by atoms with Gasteiger partial charge in [0.25, 0.3) is 5.91 Å². The number of anilines is 2. The van der Waals surface area contributed by atoms with Gasteiger partial charge >= 0.3 is 5.92 Å². The smallest absolute Gasteiger partial charge is 0.301 e. The first-order chi connectivity index (χ1) is 19.0. The van der Waals surface area contributed by atoms with Crippen molar-refractivity contribution in [3.63, 3.8) is 0 Å². The van der Waals surface area contributed by atoms with Crippen LogP contribution in [0.25, 0.3) is 0 Å². The number of halogens is 3. The van der Waals surface area contributed by atoms with Gasteiger partial charge in [0.15, 0.2) is 6.67 Å². The highest BCUT2D eigenvalue weighted by Gasteiger charge is 2.34. The lowest BCUT2D eigenvalue weighted by Gasteiger charge is -2.23. The zero-order valence-corrected chi connectivity index (χ0v) is 23.4. The fraction of sp³-hybridized carbons (Fsp3) is 0.310. The molecule has 2 aromatic rings. The SMILES string of the molecule is C\C=C/C=N/C=C/C(N)=C/N(N)c1cc(C(=O)Nc2cc(C(F)(F)CF)cc(CN(C)CC)c2OC)ccc1C. The maximum atomic E-state index is 14.4. The molecule has 1 amide bonds. The molecule has 0 radical (unpaired) electrons. The van der Waals surface area contributed by atoms with Gasteiger partial charge in [0.2, 0.25) is 0 Å². The molecular formula is C29H37F3N6O2. The van der Waals surface area contributed by atoms with Gasteiger partial charge < -0.3 is 20.7 Å². The van der Waals surface area contributed by atoms with E-state index in [0.29, 0.717) is 23.5 Å². The normalized spacial score (nSPS) is 12.7. The lowest BCUT2D eigenvalue weighted by molar-refractivity contribution is -0.0281. The molecule has 8 nitrogen and oxygen atoms in total. The van der Waals surface area contributed by atoms with Crippen molar-refractivity contribution in [3.05, 3.63) is 88.9 Å². The van der Waals surface area contributed by atoms with Crippen molar-refractivity contribution in [2.45, 2.75) is 33.2 Å². The average Bonchev–Trinajstić information content (AvgIpc) is 2.92. The molecule has 2 aromatic carbocycles. The number of hydrogen-bond acceptors (Lipinski definition) is 7. The highest BCUT2D eigenvalue weighted by atomic mass is 19.3. The van der Waals surface area contributed by atoms with Crippen LogP contribution in [0.3, 0.4) is 0 Å². The van der Waals surface area contributed by atoms with E-state index >= 15 is 0 Å². The van der Waals surface area contributed by atoms with E-state index in [9.17, 15) is 18.0 Å². The summed E-state index contributed by atoms with van der Waals surface area (Å²) in [7, 11) is 3.18. The van der Waals surface area contributed by atoms with E-state index in [4.69, 9.17) is 16.3 Å². The molecule has 216 valence electrons. The quantitative estimate of drug-likeness (QED) is 0.131. The van der Waals surface area contributed by atoms with Crippen LogP contribution in [0.5, 0.6) is 5.75 Å². The number of carbonyl (C=O) groups excluding carboxylic acids is 1. The first kappa shape index (κ1) is 32.1. The predicted octanol–water partition coefficient (Wildman–Crippen LogP) is 5.41. The van der Waals surface area contributed by atoms with Crippen molar-refractivity contribution in [1.29, 1.82) is 0 Å². The lowest BCUT2D eigenvalue weighted by atomic mass is 10.0. The average molecular weight is 559 g/mol. The van der Waals surface area contributed by atoms with Crippen molar-refractivity contribution in [1.82, 2.24) is 4.90 Å². The molecule has 0 aliphatic carbocycles. The number of methoxy groups -OCH3 is 1. The molecule has 0 aromatic heterocycles. The Hall–Kier alpha value is -4.09.